The summed E-state index contributed by atoms with van der Waals surface area (Å²) < 4.78 is 0. The third-order valence-corrected chi connectivity index (χ3v) is 5.11. The molecule has 0 saturated carbocycles. The van der Waals surface area contributed by atoms with Gasteiger partial charge < -0.3 is 54.8 Å². The van der Waals surface area contributed by atoms with Crippen molar-refractivity contribution in [2.45, 2.75) is 62.9 Å². The van der Waals surface area contributed by atoms with Gasteiger partial charge in [0, 0.05) is 18.8 Å². The minimum Gasteiger partial charge on any atom is -0.480 e. The average Bonchev–Trinajstić information content (AvgIpc) is 2.79. The zero-order valence-electron chi connectivity index (χ0n) is 20.1. The Bertz CT molecular complexity index is 802. The number of aliphatic imine (C=N–C) groups is 2. The van der Waals surface area contributed by atoms with Crippen LogP contribution in [0, 0.1) is 0 Å². The minimum atomic E-state index is -1.51. The average molecular weight is 535 g/mol. The summed E-state index contributed by atoms with van der Waals surface area (Å²) in [6.07, 6.45) is -0.484. The van der Waals surface area contributed by atoms with Crippen molar-refractivity contribution in [3.8, 4) is 0 Å². The summed E-state index contributed by atoms with van der Waals surface area (Å²) in [6.45, 7) is 1.66. The molecule has 17 heteroatoms. The van der Waals surface area contributed by atoms with Crippen LogP contribution in [0.3, 0.4) is 0 Å². The molecule has 0 heterocycles. The summed E-state index contributed by atoms with van der Waals surface area (Å²) in [6, 6.07) is -4.97. The quantitative estimate of drug-likeness (QED) is 0.0364. The summed E-state index contributed by atoms with van der Waals surface area (Å²) in [5.41, 5.74) is 26.7. The van der Waals surface area contributed by atoms with Crippen LogP contribution in [0.25, 0.3) is 0 Å². The molecule has 0 bridgehead atoms. The second-order valence-electron chi connectivity index (χ2n) is 7.87. The number of carboxylic acid groups (broad SMARTS) is 1. The normalized spacial score (nSPS) is 14.8. The summed E-state index contributed by atoms with van der Waals surface area (Å²) in [5, 5.41) is 26.4. The number of nitrogens with two attached hydrogens (primary N) is 5. The molecule has 15 N–H and O–H groups in total. The fraction of sp³-hybridized carbons (Fsp3) is 0.684. The monoisotopic (exact) mass is 534 g/mol. The van der Waals surface area contributed by atoms with Gasteiger partial charge in [-0.1, -0.05) is 0 Å². The van der Waals surface area contributed by atoms with E-state index in [1.165, 1.54) is 6.92 Å². The Morgan fingerprint density at radius 3 is 1.78 bits per heavy atom. The lowest BCUT2D eigenvalue weighted by Crippen LogP contribution is -2.60. The molecule has 36 heavy (non-hydrogen) atoms. The highest BCUT2D eigenvalue weighted by Gasteiger charge is 2.32. The number of aliphatic hydroxyl groups is 1. The third kappa shape index (κ3) is 13.5. The molecule has 206 valence electrons. The molecule has 3 amide bonds. The number of hydrogen-bond donors (Lipinski definition) is 11. The zero-order chi connectivity index (χ0) is 27.8. The van der Waals surface area contributed by atoms with Gasteiger partial charge in [0.2, 0.25) is 17.7 Å². The first-order valence-electron chi connectivity index (χ1n) is 11.1. The Balaban J connectivity index is 5.06. The number of carbonyl (C=O) groups is 4. The summed E-state index contributed by atoms with van der Waals surface area (Å²) >= 11 is 4.05. The second kappa shape index (κ2) is 17.2. The Hall–Kier alpha value is -3.31. The number of aliphatic hydroxyl groups excluding tert-OH is 1. The number of guanidine groups is 2. The maximum atomic E-state index is 12.7. The predicted octanol–water partition coefficient (Wildman–Crippen LogP) is -4.73. The molecule has 5 unspecified atom stereocenters. The van der Waals surface area contributed by atoms with Crippen molar-refractivity contribution in [2.24, 2.45) is 38.7 Å². The van der Waals surface area contributed by atoms with Gasteiger partial charge in [0.15, 0.2) is 11.9 Å². The topological polar surface area (TPSA) is 300 Å². The van der Waals surface area contributed by atoms with Crippen molar-refractivity contribution in [2.75, 3.05) is 18.8 Å². The first-order valence-corrected chi connectivity index (χ1v) is 11.7. The Morgan fingerprint density at radius 2 is 1.33 bits per heavy atom. The number of nitrogens with zero attached hydrogens (tertiary/aromatic N) is 2. The molecule has 0 aliphatic heterocycles. The fourth-order valence-electron chi connectivity index (χ4n) is 2.80. The Labute approximate surface area is 214 Å². The van der Waals surface area contributed by atoms with Crippen LogP contribution < -0.4 is 44.6 Å². The van der Waals surface area contributed by atoms with Crippen LogP contribution in [0.1, 0.15) is 32.6 Å². The van der Waals surface area contributed by atoms with E-state index >= 15 is 0 Å². The van der Waals surface area contributed by atoms with E-state index in [1.54, 1.807) is 0 Å². The van der Waals surface area contributed by atoms with E-state index in [1.807, 2.05) is 0 Å². The van der Waals surface area contributed by atoms with Crippen LogP contribution in [0.5, 0.6) is 0 Å². The molecule has 0 aromatic heterocycles. The van der Waals surface area contributed by atoms with E-state index in [4.69, 9.17) is 28.7 Å². The molecule has 0 saturated heterocycles. The third-order valence-electron chi connectivity index (χ3n) is 4.74. The van der Waals surface area contributed by atoms with Crippen molar-refractivity contribution in [3.05, 3.63) is 0 Å². The molecule has 0 aromatic carbocycles. The Kier molecular flexibility index (Phi) is 15.6. The summed E-state index contributed by atoms with van der Waals surface area (Å²) in [4.78, 5) is 56.7. The smallest absolute Gasteiger partial charge is 0.326 e. The van der Waals surface area contributed by atoms with E-state index < -0.39 is 54.0 Å². The highest BCUT2D eigenvalue weighted by Crippen LogP contribution is 2.03. The molecule has 0 spiro atoms. The highest BCUT2D eigenvalue weighted by molar-refractivity contribution is 7.80. The van der Waals surface area contributed by atoms with Crippen LogP contribution in [-0.4, -0.2) is 94.9 Å². The van der Waals surface area contributed by atoms with Gasteiger partial charge in [-0.15, -0.1) is 0 Å². The lowest BCUT2D eigenvalue weighted by Gasteiger charge is -2.26. The maximum Gasteiger partial charge on any atom is 0.326 e. The first kappa shape index (κ1) is 32.7. The van der Waals surface area contributed by atoms with Crippen LogP contribution in [0.15, 0.2) is 9.98 Å². The number of aliphatic carboxylic acids is 1. The van der Waals surface area contributed by atoms with Crippen molar-refractivity contribution < 1.29 is 29.4 Å². The lowest BCUT2D eigenvalue weighted by molar-refractivity contribution is -0.143. The molecule has 5 atom stereocenters. The van der Waals surface area contributed by atoms with Gasteiger partial charge in [-0.3, -0.25) is 24.4 Å². The van der Waals surface area contributed by atoms with Crippen molar-refractivity contribution in [3.63, 3.8) is 0 Å². The number of hydrogen-bond acceptors (Lipinski definition) is 9. The van der Waals surface area contributed by atoms with E-state index in [-0.39, 0.29) is 50.0 Å². The molecule has 0 radical (unpaired) electrons. The fourth-order valence-corrected chi connectivity index (χ4v) is 3.06. The lowest BCUT2D eigenvalue weighted by atomic mass is 10.1. The van der Waals surface area contributed by atoms with Gasteiger partial charge in [-0.05, 0) is 32.6 Å². The van der Waals surface area contributed by atoms with Gasteiger partial charge in [-0.25, -0.2) is 4.79 Å². The molecule has 16 nitrogen and oxygen atoms in total. The van der Waals surface area contributed by atoms with Gasteiger partial charge in [0.1, 0.15) is 18.1 Å². The van der Waals surface area contributed by atoms with Crippen LogP contribution in [0.2, 0.25) is 0 Å². The van der Waals surface area contributed by atoms with Crippen molar-refractivity contribution in [1.29, 1.82) is 0 Å². The number of amides is 3. The molecule has 0 aliphatic carbocycles. The standard InChI is InChI=1S/C19H38N10O6S/c1-9(30)13(16(33)27-11(17(34)35)5-3-7-26-19(23)24)29-15(32)12(8-36)28-14(31)10(20)4-2-6-25-18(21)22/h9-13,30,36H,2-8,20H2,1H3,(H,27,33)(H,28,31)(H,29,32)(H,34,35)(H4,21,22,25)(H4,23,24,26). The summed E-state index contributed by atoms with van der Waals surface area (Å²) in [5.74, 6) is -4.11. The van der Waals surface area contributed by atoms with E-state index in [0.29, 0.717) is 6.42 Å². The van der Waals surface area contributed by atoms with Gasteiger partial charge in [-0.2, -0.15) is 12.6 Å². The highest BCUT2D eigenvalue weighted by atomic mass is 32.1. The van der Waals surface area contributed by atoms with E-state index in [2.05, 4.69) is 38.6 Å². The molecule has 0 aliphatic rings. The molecule has 0 aromatic rings. The van der Waals surface area contributed by atoms with Gasteiger partial charge >= 0.3 is 5.97 Å². The second-order valence-corrected chi connectivity index (χ2v) is 8.24. The molecule has 0 rings (SSSR count). The van der Waals surface area contributed by atoms with Gasteiger partial charge in [0.05, 0.1) is 12.1 Å². The van der Waals surface area contributed by atoms with E-state index in [9.17, 15) is 29.4 Å². The number of thiol groups is 1. The number of carboxylic acids is 1. The predicted molar refractivity (Wildman–Crippen MR) is 137 cm³/mol. The molecular weight excluding hydrogens is 496 g/mol. The van der Waals surface area contributed by atoms with Crippen LogP contribution >= 0.6 is 12.6 Å². The van der Waals surface area contributed by atoms with Gasteiger partial charge in [0.25, 0.3) is 0 Å². The SMILES string of the molecule is CC(O)C(NC(=O)C(CS)NC(=O)C(N)CCCN=C(N)N)C(=O)NC(CCCN=C(N)N)C(=O)O. The molecular formula is C19H38N10O6S. The maximum absolute atomic E-state index is 12.7. The Morgan fingerprint density at radius 1 is 0.833 bits per heavy atom. The first-order chi connectivity index (χ1) is 16.8. The number of carbonyl (C=O) groups excluding carboxylic acids is 3. The number of nitrogens with one attached hydrogen (secondary N) is 3. The largest absolute Gasteiger partial charge is 0.480 e. The van der Waals surface area contributed by atoms with Crippen LogP contribution in [0.4, 0.5) is 0 Å². The molecule has 0 fully saturated rings. The van der Waals surface area contributed by atoms with Crippen molar-refractivity contribution in [1.82, 2.24) is 16.0 Å². The van der Waals surface area contributed by atoms with E-state index in [0.717, 1.165) is 0 Å². The minimum absolute atomic E-state index is 0.00523. The zero-order valence-corrected chi connectivity index (χ0v) is 21.0. The number of rotatable bonds is 17. The van der Waals surface area contributed by atoms with Crippen LogP contribution in [-0.2, 0) is 19.2 Å². The summed E-state index contributed by atoms with van der Waals surface area (Å²) in [7, 11) is 0. The van der Waals surface area contributed by atoms with Crippen molar-refractivity contribution >= 4 is 48.2 Å².